The molecule has 0 aliphatic rings. The molecule has 0 aliphatic carbocycles. The molecule has 0 aromatic heterocycles. The van der Waals surface area contributed by atoms with Crippen molar-refractivity contribution < 1.29 is 19.0 Å². The average Bonchev–Trinajstić information content (AvgIpc) is 2.35. The molecule has 0 N–H and O–H groups in total. The van der Waals surface area contributed by atoms with E-state index in [4.69, 9.17) is 25.8 Å². The highest BCUT2D eigenvalue weighted by atomic mass is 35.5. The van der Waals surface area contributed by atoms with Crippen LogP contribution in [0.1, 0.15) is 10.4 Å². The number of benzene rings is 1. The van der Waals surface area contributed by atoms with Crippen molar-refractivity contribution in [2.24, 2.45) is 0 Å². The first kappa shape index (κ1) is 12.6. The minimum atomic E-state index is -0.194. The highest BCUT2D eigenvalue weighted by molar-refractivity contribution is 6.30. The number of halogens is 1. The number of alkyl halides is 1. The lowest BCUT2D eigenvalue weighted by molar-refractivity contribution is 0.102. The van der Waals surface area contributed by atoms with Crippen LogP contribution in [0.2, 0.25) is 0 Å². The SMILES string of the molecule is COc1cc(C(=O)CCl)cc(OC)c1OC. The molecule has 0 radical (unpaired) electrons. The zero-order chi connectivity index (χ0) is 12.1. The Morgan fingerprint density at radius 2 is 1.62 bits per heavy atom. The molecule has 1 aromatic rings. The van der Waals surface area contributed by atoms with Crippen molar-refractivity contribution in [1.82, 2.24) is 0 Å². The number of hydrogen-bond acceptors (Lipinski definition) is 4. The summed E-state index contributed by atoms with van der Waals surface area (Å²) in [6.45, 7) is 0. The highest BCUT2D eigenvalue weighted by Crippen LogP contribution is 2.38. The Bertz CT molecular complexity index is 365. The summed E-state index contributed by atoms with van der Waals surface area (Å²) in [5.74, 6) is 1.06. The first-order chi connectivity index (χ1) is 7.67. The number of methoxy groups -OCH3 is 3. The van der Waals surface area contributed by atoms with E-state index in [1.807, 2.05) is 0 Å². The second-order valence-corrected chi connectivity index (χ2v) is 3.24. The van der Waals surface area contributed by atoms with Crippen LogP contribution in [-0.4, -0.2) is 33.0 Å². The van der Waals surface area contributed by atoms with Gasteiger partial charge in [0.1, 0.15) is 0 Å². The van der Waals surface area contributed by atoms with Gasteiger partial charge in [-0.05, 0) is 12.1 Å². The van der Waals surface area contributed by atoms with Crippen molar-refractivity contribution in [3.05, 3.63) is 17.7 Å². The molecule has 0 bridgehead atoms. The molecule has 88 valence electrons. The van der Waals surface area contributed by atoms with Gasteiger partial charge in [-0.2, -0.15) is 0 Å². The van der Waals surface area contributed by atoms with Gasteiger partial charge in [0.25, 0.3) is 0 Å². The van der Waals surface area contributed by atoms with Crippen molar-refractivity contribution in [2.75, 3.05) is 27.2 Å². The Labute approximate surface area is 99.1 Å². The van der Waals surface area contributed by atoms with Gasteiger partial charge in [0, 0.05) is 5.56 Å². The maximum Gasteiger partial charge on any atom is 0.203 e. The van der Waals surface area contributed by atoms with Gasteiger partial charge in [0.05, 0.1) is 27.2 Å². The van der Waals surface area contributed by atoms with Crippen LogP contribution in [0.3, 0.4) is 0 Å². The minimum Gasteiger partial charge on any atom is -0.493 e. The highest BCUT2D eigenvalue weighted by Gasteiger charge is 2.16. The minimum absolute atomic E-state index is 0.0847. The van der Waals surface area contributed by atoms with E-state index in [1.54, 1.807) is 12.1 Å². The van der Waals surface area contributed by atoms with Crippen LogP contribution >= 0.6 is 11.6 Å². The van der Waals surface area contributed by atoms with E-state index in [2.05, 4.69) is 0 Å². The normalized spacial score (nSPS) is 9.75. The molecule has 0 saturated heterocycles. The molecule has 16 heavy (non-hydrogen) atoms. The quantitative estimate of drug-likeness (QED) is 0.588. The van der Waals surface area contributed by atoms with E-state index in [0.717, 1.165) is 0 Å². The van der Waals surface area contributed by atoms with E-state index >= 15 is 0 Å². The average molecular weight is 245 g/mol. The fraction of sp³-hybridized carbons (Fsp3) is 0.364. The molecular weight excluding hydrogens is 232 g/mol. The molecule has 0 spiro atoms. The topological polar surface area (TPSA) is 44.8 Å². The standard InChI is InChI=1S/C11H13ClO4/c1-14-9-4-7(8(13)6-12)5-10(15-2)11(9)16-3/h4-5H,6H2,1-3H3. The van der Waals surface area contributed by atoms with Gasteiger partial charge in [0.15, 0.2) is 17.3 Å². The van der Waals surface area contributed by atoms with Gasteiger partial charge in [-0.15, -0.1) is 11.6 Å². The molecule has 0 aliphatic heterocycles. The van der Waals surface area contributed by atoms with Crippen LogP contribution in [0.15, 0.2) is 12.1 Å². The molecule has 1 aromatic carbocycles. The number of carbonyl (C=O) groups excluding carboxylic acids is 1. The van der Waals surface area contributed by atoms with Crippen molar-refractivity contribution >= 4 is 17.4 Å². The van der Waals surface area contributed by atoms with Crippen molar-refractivity contribution in [3.63, 3.8) is 0 Å². The Hall–Kier alpha value is -1.42. The predicted molar refractivity (Wildman–Crippen MR) is 61.1 cm³/mol. The predicted octanol–water partition coefficient (Wildman–Crippen LogP) is 2.13. The number of carbonyl (C=O) groups is 1. The maximum absolute atomic E-state index is 11.5. The molecule has 4 nitrogen and oxygen atoms in total. The Morgan fingerprint density at radius 3 is 1.94 bits per heavy atom. The number of hydrogen-bond donors (Lipinski definition) is 0. The molecule has 0 heterocycles. The summed E-state index contributed by atoms with van der Waals surface area (Å²) in [4.78, 5) is 11.5. The zero-order valence-electron chi connectivity index (χ0n) is 9.37. The van der Waals surface area contributed by atoms with Crippen LogP contribution < -0.4 is 14.2 Å². The number of Topliss-reactive ketones (excluding diaryl/α,β-unsaturated/α-hetero) is 1. The van der Waals surface area contributed by atoms with Gasteiger partial charge in [-0.3, -0.25) is 4.79 Å². The molecule has 0 atom stereocenters. The van der Waals surface area contributed by atoms with E-state index in [0.29, 0.717) is 22.8 Å². The van der Waals surface area contributed by atoms with Crippen LogP contribution in [0.4, 0.5) is 0 Å². The van der Waals surface area contributed by atoms with Crippen molar-refractivity contribution in [2.45, 2.75) is 0 Å². The van der Waals surface area contributed by atoms with Crippen molar-refractivity contribution in [3.8, 4) is 17.2 Å². The molecule has 1 rings (SSSR count). The second-order valence-electron chi connectivity index (χ2n) is 2.97. The summed E-state index contributed by atoms with van der Waals surface area (Å²) in [6, 6.07) is 3.15. The van der Waals surface area contributed by atoms with Crippen LogP contribution in [0, 0.1) is 0 Å². The van der Waals surface area contributed by atoms with Crippen LogP contribution in [-0.2, 0) is 0 Å². The lowest BCUT2D eigenvalue weighted by Gasteiger charge is -2.13. The van der Waals surface area contributed by atoms with Crippen LogP contribution in [0.5, 0.6) is 17.2 Å². The summed E-state index contributed by atoms with van der Waals surface area (Å²) < 4.78 is 15.4. The van der Waals surface area contributed by atoms with E-state index < -0.39 is 0 Å². The molecular formula is C11H13ClO4. The third-order valence-corrected chi connectivity index (χ3v) is 2.35. The fourth-order valence-electron chi connectivity index (χ4n) is 1.32. The lowest BCUT2D eigenvalue weighted by Crippen LogP contribution is -2.03. The largest absolute Gasteiger partial charge is 0.493 e. The summed E-state index contributed by atoms with van der Waals surface area (Å²) in [7, 11) is 4.49. The molecule has 0 fully saturated rings. The van der Waals surface area contributed by atoms with Gasteiger partial charge < -0.3 is 14.2 Å². The Balaban J connectivity index is 3.31. The number of rotatable bonds is 5. The lowest BCUT2D eigenvalue weighted by atomic mass is 10.1. The first-order valence-electron chi connectivity index (χ1n) is 4.57. The molecule has 0 amide bonds. The van der Waals surface area contributed by atoms with E-state index in [1.165, 1.54) is 21.3 Å². The van der Waals surface area contributed by atoms with Gasteiger partial charge in [-0.25, -0.2) is 0 Å². The smallest absolute Gasteiger partial charge is 0.203 e. The summed E-state index contributed by atoms with van der Waals surface area (Å²) in [6.07, 6.45) is 0. The summed E-state index contributed by atoms with van der Waals surface area (Å²) in [5.41, 5.74) is 0.435. The molecule has 0 unspecified atom stereocenters. The fourth-order valence-corrected chi connectivity index (χ4v) is 1.47. The Morgan fingerprint density at radius 1 is 1.12 bits per heavy atom. The number of ether oxygens (including phenoxy) is 3. The second kappa shape index (κ2) is 5.61. The van der Waals surface area contributed by atoms with Crippen molar-refractivity contribution in [1.29, 1.82) is 0 Å². The number of ketones is 1. The third kappa shape index (κ3) is 2.39. The molecule has 0 saturated carbocycles. The molecule has 5 heteroatoms. The first-order valence-corrected chi connectivity index (χ1v) is 5.10. The van der Waals surface area contributed by atoms with Gasteiger partial charge in [-0.1, -0.05) is 0 Å². The summed E-state index contributed by atoms with van der Waals surface area (Å²) in [5, 5.41) is 0. The Kier molecular flexibility index (Phi) is 4.43. The van der Waals surface area contributed by atoms with E-state index in [9.17, 15) is 4.79 Å². The maximum atomic E-state index is 11.5. The van der Waals surface area contributed by atoms with Gasteiger partial charge in [0.2, 0.25) is 5.75 Å². The zero-order valence-corrected chi connectivity index (χ0v) is 10.1. The monoisotopic (exact) mass is 244 g/mol. The third-order valence-electron chi connectivity index (χ3n) is 2.11. The van der Waals surface area contributed by atoms with E-state index in [-0.39, 0.29) is 11.7 Å². The summed E-state index contributed by atoms with van der Waals surface area (Å²) >= 11 is 5.49. The van der Waals surface area contributed by atoms with Gasteiger partial charge >= 0.3 is 0 Å². The van der Waals surface area contributed by atoms with Crippen LogP contribution in [0.25, 0.3) is 0 Å².